The van der Waals surface area contributed by atoms with Gasteiger partial charge >= 0.3 is 0 Å². The summed E-state index contributed by atoms with van der Waals surface area (Å²) in [6, 6.07) is 1.91. The first kappa shape index (κ1) is 15.5. The number of nitrogens with one attached hydrogen (secondary N) is 1. The van der Waals surface area contributed by atoms with Crippen LogP contribution in [0.1, 0.15) is 42.9 Å². The van der Waals surface area contributed by atoms with Gasteiger partial charge in [-0.2, -0.15) is 5.10 Å². The molecule has 0 radical (unpaired) electrons. The molecule has 0 saturated carbocycles. The second-order valence-electron chi connectivity index (χ2n) is 6.02. The van der Waals surface area contributed by atoms with Crippen molar-refractivity contribution in [3.63, 3.8) is 0 Å². The quantitative estimate of drug-likeness (QED) is 0.907. The maximum Gasteiger partial charge on any atom is 0.272 e. The van der Waals surface area contributed by atoms with Gasteiger partial charge in [-0.25, -0.2) is 0 Å². The molecule has 21 heavy (non-hydrogen) atoms. The predicted molar refractivity (Wildman–Crippen MR) is 79.9 cm³/mol. The lowest BCUT2D eigenvalue weighted by Gasteiger charge is -2.33. The minimum Gasteiger partial charge on any atom is -0.348 e. The van der Waals surface area contributed by atoms with Crippen molar-refractivity contribution in [2.75, 3.05) is 13.1 Å². The van der Waals surface area contributed by atoms with Gasteiger partial charge in [0.15, 0.2) is 0 Å². The van der Waals surface area contributed by atoms with Gasteiger partial charge in [-0.15, -0.1) is 0 Å². The van der Waals surface area contributed by atoms with E-state index in [0.29, 0.717) is 18.8 Å². The number of amides is 2. The Kier molecular flexibility index (Phi) is 4.65. The average molecular weight is 292 g/mol. The minimum atomic E-state index is -0.132. The van der Waals surface area contributed by atoms with Crippen LogP contribution in [-0.2, 0) is 11.8 Å². The van der Waals surface area contributed by atoms with Crippen LogP contribution in [0.4, 0.5) is 0 Å². The summed E-state index contributed by atoms with van der Waals surface area (Å²) < 4.78 is 1.69. The molecule has 1 saturated heterocycles. The number of aryl methyl sites for hydroxylation is 2. The van der Waals surface area contributed by atoms with Gasteiger partial charge in [0.25, 0.3) is 5.91 Å². The van der Waals surface area contributed by atoms with Gasteiger partial charge in [0.05, 0.1) is 0 Å². The molecule has 1 aliphatic rings. The van der Waals surface area contributed by atoms with E-state index >= 15 is 0 Å². The van der Waals surface area contributed by atoms with Crippen molar-refractivity contribution in [3.8, 4) is 0 Å². The topological polar surface area (TPSA) is 67.2 Å². The number of hydrogen-bond acceptors (Lipinski definition) is 3. The Balaban J connectivity index is 1.86. The number of carbonyl (C=O) groups is 2. The molecular formula is C15H24N4O2. The fourth-order valence-corrected chi connectivity index (χ4v) is 2.54. The van der Waals surface area contributed by atoms with Gasteiger partial charge in [-0.05, 0) is 25.8 Å². The summed E-state index contributed by atoms with van der Waals surface area (Å²) in [6.07, 6.45) is 1.60. The van der Waals surface area contributed by atoms with Gasteiger partial charge in [-0.1, -0.05) is 13.8 Å². The summed E-state index contributed by atoms with van der Waals surface area (Å²) in [5.74, 6) is 0.0973. The van der Waals surface area contributed by atoms with Crippen LogP contribution < -0.4 is 5.32 Å². The Hall–Kier alpha value is -1.85. The summed E-state index contributed by atoms with van der Waals surface area (Å²) in [5, 5.41) is 7.19. The average Bonchev–Trinajstić information content (AvgIpc) is 2.79. The van der Waals surface area contributed by atoms with E-state index in [2.05, 4.69) is 10.4 Å². The summed E-state index contributed by atoms with van der Waals surface area (Å²) in [4.78, 5) is 25.9. The van der Waals surface area contributed by atoms with E-state index in [1.54, 1.807) is 10.7 Å². The molecule has 0 spiro atoms. The first-order valence-corrected chi connectivity index (χ1v) is 7.48. The number of carbonyl (C=O) groups excluding carboxylic acids is 2. The number of rotatable bonds is 3. The zero-order valence-electron chi connectivity index (χ0n) is 13.2. The third kappa shape index (κ3) is 3.62. The van der Waals surface area contributed by atoms with Gasteiger partial charge in [0.2, 0.25) is 5.91 Å². The van der Waals surface area contributed by atoms with Crippen LogP contribution in [0.5, 0.6) is 0 Å². The van der Waals surface area contributed by atoms with E-state index in [9.17, 15) is 9.59 Å². The number of likely N-dealkylation sites (tertiary alicyclic amines) is 1. The van der Waals surface area contributed by atoms with Crippen molar-refractivity contribution in [1.29, 1.82) is 0 Å². The highest BCUT2D eigenvalue weighted by Gasteiger charge is 2.25. The molecule has 0 aromatic carbocycles. The first-order valence-electron chi connectivity index (χ1n) is 7.48. The highest BCUT2D eigenvalue weighted by molar-refractivity contribution is 5.92. The molecule has 1 aromatic heterocycles. The SMILES string of the molecule is Cc1cc(C(=O)NC2CCN(C(=O)C(C)C)CC2)nn1C. The molecule has 1 aliphatic heterocycles. The molecule has 6 heteroatoms. The maximum atomic E-state index is 12.1. The zero-order chi connectivity index (χ0) is 15.6. The highest BCUT2D eigenvalue weighted by atomic mass is 16.2. The van der Waals surface area contributed by atoms with Crippen molar-refractivity contribution in [2.24, 2.45) is 13.0 Å². The largest absolute Gasteiger partial charge is 0.348 e. The number of piperidine rings is 1. The summed E-state index contributed by atoms with van der Waals surface area (Å²) in [5.41, 5.74) is 1.41. The Morgan fingerprint density at radius 1 is 1.33 bits per heavy atom. The molecule has 6 nitrogen and oxygen atoms in total. The molecule has 2 amide bonds. The lowest BCUT2D eigenvalue weighted by Crippen LogP contribution is -2.47. The Labute approximate surface area is 125 Å². The summed E-state index contributed by atoms with van der Waals surface area (Å²) >= 11 is 0. The lowest BCUT2D eigenvalue weighted by atomic mass is 10.0. The summed E-state index contributed by atoms with van der Waals surface area (Å²) in [7, 11) is 1.82. The minimum absolute atomic E-state index is 0.0348. The van der Waals surface area contributed by atoms with Crippen molar-refractivity contribution in [1.82, 2.24) is 20.0 Å². The number of hydrogen-bond donors (Lipinski definition) is 1. The fourth-order valence-electron chi connectivity index (χ4n) is 2.54. The van der Waals surface area contributed by atoms with Crippen LogP contribution in [0.3, 0.4) is 0 Å². The van der Waals surface area contributed by atoms with E-state index in [1.165, 1.54) is 0 Å². The van der Waals surface area contributed by atoms with E-state index < -0.39 is 0 Å². The van der Waals surface area contributed by atoms with E-state index in [4.69, 9.17) is 0 Å². The van der Waals surface area contributed by atoms with Crippen molar-refractivity contribution >= 4 is 11.8 Å². The van der Waals surface area contributed by atoms with E-state index in [0.717, 1.165) is 18.5 Å². The standard InChI is InChI=1S/C15H24N4O2/c1-10(2)15(21)19-7-5-12(6-8-19)16-14(20)13-9-11(3)18(4)17-13/h9-10,12H,5-8H2,1-4H3,(H,16,20). The second-order valence-corrected chi connectivity index (χ2v) is 6.02. The predicted octanol–water partition coefficient (Wildman–Crippen LogP) is 1.11. The van der Waals surface area contributed by atoms with Gasteiger partial charge < -0.3 is 10.2 Å². The summed E-state index contributed by atoms with van der Waals surface area (Å²) in [6.45, 7) is 7.17. The smallest absolute Gasteiger partial charge is 0.272 e. The highest BCUT2D eigenvalue weighted by Crippen LogP contribution is 2.14. The number of aromatic nitrogens is 2. The third-order valence-electron chi connectivity index (χ3n) is 3.98. The molecule has 1 fully saturated rings. The molecule has 0 bridgehead atoms. The maximum absolute atomic E-state index is 12.1. The molecule has 1 N–H and O–H groups in total. The van der Waals surface area contributed by atoms with Crippen LogP contribution in [0.25, 0.3) is 0 Å². The second kappa shape index (κ2) is 6.28. The molecule has 0 unspecified atom stereocenters. The van der Waals surface area contributed by atoms with E-state index in [-0.39, 0.29) is 23.8 Å². The van der Waals surface area contributed by atoms with E-state index in [1.807, 2.05) is 32.7 Å². The Morgan fingerprint density at radius 2 is 1.95 bits per heavy atom. The molecular weight excluding hydrogens is 268 g/mol. The first-order chi connectivity index (χ1) is 9.88. The van der Waals surface area contributed by atoms with Crippen LogP contribution in [0.15, 0.2) is 6.07 Å². The van der Waals surface area contributed by atoms with Crippen LogP contribution in [-0.4, -0.2) is 45.6 Å². The van der Waals surface area contributed by atoms with Crippen molar-refractivity contribution < 1.29 is 9.59 Å². The van der Waals surface area contributed by atoms with Crippen LogP contribution in [0.2, 0.25) is 0 Å². The van der Waals surface area contributed by atoms with Crippen molar-refractivity contribution in [3.05, 3.63) is 17.5 Å². The van der Waals surface area contributed by atoms with Gasteiger partial charge in [-0.3, -0.25) is 14.3 Å². The molecule has 116 valence electrons. The van der Waals surface area contributed by atoms with Crippen LogP contribution >= 0.6 is 0 Å². The molecule has 2 rings (SSSR count). The third-order valence-corrected chi connectivity index (χ3v) is 3.98. The van der Waals surface area contributed by atoms with Crippen molar-refractivity contribution in [2.45, 2.75) is 39.7 Å². The molecule has 0 atom stereocenters. The van der Waals surface area contributed by atoms with Crippen LogP contribution in [0, 0.1) is 12.8 Å². The fraction of sp³-hybridized carbons (Fsp3) is 0.667. The lowest BCUT2D eigenvalue weighted by molar-refractivity contribution is -0.135. The molecule has 0 aliphatic carbocycles. The zero-order valence-corrected chi connectivity index (χ0v) is 13.2. The Bertz CT molecular complexity index is 508. The van der Waals surface area contributed by atoms with Gasteiger partial charge in [0.1, 0.15) is 5.69 Å². The normalized spacial score (nSPS) is 16.3. The molecule has 1 aromatic rings. The number of nitrogens with zero attached hydrogens (tertiary/aromatic N) is 3. The molecule has 2 heterocycles. The van der Waals surface area contributed by atoms with Gasteiger partial charge in [0, 0.05) is 37.8 Å². The Morgan fingerprint density at radius 3 is 2.43 bits per heavy atom. The monoisotopic (exact) mass is 292 g/mol.